The molecule has 0 spiro atoms. The van der Waals surface area contributed by atoms with Gasteiger partial charge in [0.15, 0.2) is 4.90 Å². The fourth-order valence-corrected chi connectivity index (χ4v) is 3.91. The predicted octanol–water partition coefficient (Wildman–Crippen LogP) is 4.38. The molecule has 0 saturated carbocycles. The Hall–Kier alpha value is -3.63. The predicted molar refractivity (Wildman–Crippen MR) is 108 cm³/mol. The first-order chi connectivity index (χ1) is 14.2. The molecule has 3 aromatic carbocycles. The van der Waals surface area contributed by atoms with E-state index in [4.69, 9.17) is 4.18 Å². The Kier molecular flexibility index (Phi) is 5.90. The molecule has 3 rings (SSSR count). The Labute approximate surface area is 172 Å². The van der Waals surface area contributed by atoms with Crippen LogP contribution in [-0.2, 0) is 20.9 Å². The van der Waals surface area contributed by atoms with Gasteiger partial charge in [-0.3, -0.25) is 24.4 Å². The average Bonchev–Trinajstić information content (AvgIpc) is 2.72. The molecule has 30 heavy (non-hydrogen) atoms. The zero-order chi connectivity index (χ0) is 21.9. The molecule has 154 valence electrons. The third-order valence-corrected chi connectivity index (χ3v) is 5.67. The van der Waals surface area contributed by atoms with E-state index in [1.807, 2.05) is 0 Å². The summed E-state index contributed by atoms with van der Waals surface area (Å²) in [6.07, 6.45) is 0. The van der Waals surface area contributed by atoms with Crippen LogP contribution in [0.4, 0.5) is 11.4 Å². The number of hydrogen-bond acceptors (Lipinski definition) is 7. The summed E-state index contributed by atoms with van der Waals surface area (Å²) in [6, 6.07) is 16.4. The Morgan fingerprint density at radius 1 is 0.900 bits per heavy atom. The first-order valence-electron chi connectivity index (χ1n) is 8.66. The average molecular weight is 428 g/mol. The second-order valence-electron chi connectivity index (χ2n) is 6.41. The quantitative estimate of drug-likeness (QED) is 0.310. The van der Waals surface area contributed by atoms with Gasteiger partial charge >= 0.3 is 10.1 Å². The van der Waals surface area contributed by atoms with Gasteiger partial charge < -0.3 is 0 Å². The molecule has 0 heterocycles. The van der Waals surface area contributed by atoms with Crippen LogP contribution in [0.1, 0.15) is 11.1 Å². The highest BCUT2D eigenvalue weighted by Crippen LogP contribution is 2.30. The van der Waals surface area contributed by atoms with Crippen molar-refractivity contribution >= 4 is 21.5 Å². The highest BCUT2D eigenvalue weighted by atomic mass is 32.2. The number of nitro benzene ring substituents is 2. The third-order valence-electron chi connectivity index (χ3n) is 4.36. The van der Waals surface area contributed by atoms with Gasteiger partial charge in [0.05, 0.1) is 16.5 Å². The number of non-ortho nitro benzene ring substituents is 1. The first-order valence-corrected chi connectivity index (χ1v) is 10.1. The highest BCUT2D eigenvalue weighted by molar-refractivity contribution is 7.86. The van der Waals surface area contributed by atoms with Crippen LogP contribution in [-0.4, -0.2) is 18.3 Å². The van der Waals surface area contributed by atoms with E-state index in [0.29, 0.717) is 22.3 Å². The third kappa shape index (κ3) is 4.50. The molecular formula is C20H16N2O7S. The lowest BCUT2D eigenvalue weighted by molar-refractivity contribution is -0.388. The van der Waals surface area contributed by atoms with Crippen molar-refractivity contribution in [3.63, 3.8) is 0 Å². The van der Waals surface area contributed by atoms with Gasteiger partial charge in [-0.1, -0.05) is 30.3 Å². The summed E-state index contributed by atoms with van der Waals surface area (Å²) in [4.78, 5) is 20.3. The summed E-state index contributed by atoms with van der Waals surface area (Å²) in [7, 11) is -4.40. The maximum Gasteiger partial charge on any atom is 0.304 e. The van der Waals surface area contributed by atoms with E-state index in [9.17, 15) is 28.6 Å². The largest absolute Gasteiger partial charge is 0.304 e. The molecule has 0 bridgehead atoms. The second-order valence-corrected chi connectivity index (χ2v) is 7.99. The van der Waals surface area contributed by atoms with E-state index in [0.717, 1.165) is 6.07 Å². The van der Waals surface area contributed by atoms with Gasteiger partial charge in [-0.2, -0.15) is 8.42 Å². The van der Waals surface area contributed by atoms with Crippen molar-refractivity contribution in [2.45, 2.75) is 18.4 Å². The minimum Gasteiger partial charge on any atom is -0.261 e. The summed E-state index contributed by atoms with van der Waals surface area (Å²) in [5, 5.41) is 22.1. The molecule has 0 aliphatic rings. The van der Waals surface area contributed by atoms with Crippen molar-refractivity contribution in [2.24, 2.45) is 0 Å². The Morgan fingerprint density at radius 3 is 2.20 bits per heavy atom. The molecule has 3 aromatic rings. The molecular weight excluding hydrogens is 412 g/mol. The summed E-state index contributed by atoms with van der Waals surface area (Å²) < 4.78 is 30.3. The van der Waals surface area contributed by atoms with Crippen LogP contribution in [0.2, 0.25) is 0 Å². The van der Waals surface area contributed by atoms with E-state index < -0.39 is 30.5 Å². The van der Waals surface area contributed by atoms with E-state index in [1.54, 1.807) is 43.3 Å². The lowest BCUT2D eigenvalue weighted by Gasteiger charge is -2.11. The van der Waals surface area contributed by atoms with Gasteiger partial charge in [-0.15, -0.1) is 0 Å². The molecule has 0 amide bonds. The number of aryl methyl sites for hydroxylation is 1. The van der Waals surface area contributed by atoms with Gasteiger partial charge in [-0.05, 0) is 47.4 Å². The van der Waals surface area contributed by atoms with Crippen molar-refractivity contribution in [1.82, 2.24) is 0 Å². The monoisotopic (exact) mass is 428 g/mol. The lowest BCUT2D eigenvalue weighted by Crippen LogP contribution is -2.10. The summed E-state index contributed by atoms with van der Waals surface area (Å²) >= 11 is 0. The minimum atomic E-state index is -4.40. The Bertz CT molecular complexity index is 1220. The minimum absolute atomic E-state index is 0.0678. The SMILES string of the molecule is Cc1ccc(S(=O)(=O)OCc2ccccc2-c2ccc([N+](=O)[O-])cc2)c([N+](=O)[O-])c1. The summed E-state index contributed by atoms with van der Waals surface area (Å²) in [5.74, 6) is 0. The second kappa shape index (κ2) is 8.39. The van der Waals surface area contributed by atoms with E-state index in [1.165, 1.54) is 24.3 Å². The standard InChI is InChI=1S/C20H16N2O7S/c1-14-6-11-20(19(12-14)22(25)26)30(27,28)29-13-16-4-2-3-5-18(16)15-7-9-17(10-8-15)21(23)24/h2-12H,13H2,1H3. The van der Waals surface area contributed by atoms with Gasteiger partial charge in [0.2, 0.25) is 0 Å². The molecule has 0 aliphatic carbocycles. The fourth-order valence-electron chi connectivity index (χ4n) is 2.88. The molecule has 0 aromatic heterocycles. The van der Waals surface area contributed by atoms with E-state index in [-0.39, 0.29) is 12.3 Å². The smallest absolute Gasteiger partial charge is 0.261 e. The Morgan fingerprint density at radius 2 is 1.57 bits per heavy atom. The number of nitro groups is 2. The number of rotatable bonds is 7. The summed E-state index contributed by atoms with van der Waals surface area (Å²) in [6.45, 7) is 1.26. The maximum absolute atomic E-state index is 12.6. The van der Waals surface area contributed by atoms with Crippen molar-refractivity contribution < 1.29 is 22.4 Å². The lowest BCUT2D eigenvalue weighted by atomic mass is 10.00. The van der Waals surface area contributed by atoms with Crippen LogP contribution in [0.3, 0.4) is 0 Å². The molecule has 0 unspecified atom stereocenters. The molecule has 0 N–H and O–H groups in total. The van der Waals surface area contributed by atoms with Crippen molar-refractivity contribution in [3.8, 4) is 11.1 Å². The summed E-state index contributed by atoms with van der Waals surface area (Å²) in [5.41, 5.74) is 1.69. The van der Waals surface area contributed by atoms with Gasteiger partial charge in [0, 0.05) is 18.2 Å². The number of benzene rings is 3. The van der Waals surface area contributed by atoms with Crippen LogP contribution in [0, 0.1) is 27.2 Å². The van der Waals surface area contributed by atoms with Crippen LogP contribution in [0.25, 0.3) is 11.1 Å². The number of nitrogens with zero attached hydrogens (tertiary/aromatic N) is 2. The molecule has 10 heteroatoms. The zero-order valence-electron chi connectivity index (χ0n) is 15.7. The normalized spacial score (nSPS) is 11.2. The molecule has 0 aliphatic heterocycles. The van der Waals surface area contributed by atoms with Crippen LogP contribution in [0.5, 0.6) is 0 Å². The van der Waals surface area contributed by atoms with E-state index in [2.05, 4.69) is 0 Å². The first kappa shape index (κ1) is 21.1. The highest BCUT2D eigenvalue weighted by Gasteiger charge is 2.27. The Balaban J connectivity index is 1.90. The molecule has 0 fully saturated rings. The van der Waals surface area contributed by atoms with Crippen LogP contribution >= 0.6 is 0 Å². The van der Waals surface area contributed by atoms with Crippen molar-refractivity contribution in [2.75, 3.05) is 0 Å². The van der Waals surface area contributed by atoms with Crippen molar-refractivity contribution in [1.29, 1.82) is 0 Å². The maximum atomic E-state index is 12.6. The molecule has 9 nitrogen and oxygen atoms in total. The topological polar surface area (TPSA) is 130 Å². The van der Waals surface area contributed by atoms with Crippen LogP contribution < -0.4 is 0 Å². The van der Waals surface area contributed by atoms with E-state index >= 15 is 0 Å². The zero-order valence-corrected chi connectivity index (χ0v) is 16.5. The fraction of sp³-hybridized carbons (Fsp3) is 0.100. The van der Waals surface area contributed by atoms with Gasteiger partial charge in [0.1, 0.15) is 0 Å². The van der Waals surface area contributed by atoms with Gasteiger partial charge in [0.25, 0.3) is 11.4 Å². The van der Waals surface area contributed by atoms with Crippen LogP contribution in [0.15, 0.2) is 71.6 Å². The molecule has 0 saturated heterocycles. The molecule has 0 radical (unpaired) electrons. The van der Waals surface area contributed by atoms with Crippen molar-refractivity contribution in [3.05, 3.63) is 98.1 Å². The van der Waals surface area contributed by atoms with Gasteiger partial charge in [-0.25, -0.2) is 0 Å². The number of hydrogen-bond donors (Lipinski definition) is 0. The molecule has 0 atom stereocenters.